The van der Waals surface area contributed by atoms with Crippen molar-refractivity contribution >= 4 is 11.9 Å². The SMILES string of the molecule is O=C(O)c1cc(-[n+]2ccc(-c3cc[n+](-c4ccc(O)c(C(=O)O)c4)cc3)cc2)ccc1O. The minimum Gasteiger partial charge on any atom is -0.507 e. The number of benzene rings is 2. The number of hydrogen-bond donors (Lipinski definition) is 4. The Balaban J connectivity index is 1.59. The third-order valence-electron chi connectivity index (χ3n) is 5.01. The lowest BCUT2D eigenvalue weighted by Gasteiger charge is -2.03. The summed E-state index contributed by atoms with van der Waals surface area (Å²) in [6.45, 7) is 0. The van der Waals surface area contributed by atoms with Crippen molar-refractivity contribution in [2.24, 2.45) is 0 Å². The first-order valence-corrected chi connectivity index (χ1v) is 9.50. The molecule has 32 heavy (non-hydrogen) atoms. The van der Waals surface area contributed by atoms with Gasteiger partial charge in [0.25, 0.3) is 0 Å². The lowest BCUT2D eigenvalue weighted by Crippen LogP contribution is -2.30. The number of aromatic carboxylic acids is 2. The Bertz CT molecular complexity index is 1230. The van der Waals surface area contributed by atoms with Crippen LogP contribution in [0.3, 0.4) is 0 Å². The first-order chi connectivity index (χ1) is 15.3. The highest BCUT2D eigenvalue weighted by Gasteiger charge is 2.17. The van der Waals surface area contributed by atoms with Crippen molar-refractivity contribution in [1.29, 1.82) is 0 Å². The summed E-state index contributed by atoms with van der Waals surface area (Å²) >= 11 is 0. The third kappa shape index (κ3) is 3.97. The topological polar surface area (TPSA) is 123 Å². The van der Waals surface area contributed by atoms with Gasteiger partial charge >= 0.3 is 11.9 Å². The van der Waals surface area contributed by atoms with Crippen molar-refractivity contribution in [2.45, 2.75) is 0 Å². The summed E-state index contributed by atoms with van der Waals surface area (Å²) in [6, 6.07) is 16.2. The quantitative estimate of drug-likeness (QED) is 0.361. The smallest absolute Gasteiger partial charge is 0.339 e. The first kappa shape index (κ1) is 20.5. The largest absolute Gasteiger partial charge is 0.507 e. The number of rotatable bonds is 5. The van der Waals surface area contributed by atoms with Crippen LogP contribution >= 0.6 is 0 Å². The van der Waals surface area contributed by atoms with Crippen LogP contribution in [-0.4, -0.2) is 32.4 Å². The van der Waals surface area contributed by atoms with E-state index in [0.717, 1.165) is 11.1 Å². The predicted molar refractivity (Wildman–Crippen MR) is 112 cm³/mol. The number of aromatic nitrogens is 2. The second-order valence-corrected chi connectivity index (χ2v) is 7.00. The van der Waals surface area contributed by atoms with Gasteiger partial charge in [-0.25, -0.2) is 9.59 Å². The Morgan fingerprint density at radius 1 is 0.562 bits per heavy atom. The van der Waals surface area contributed by atoms with Crippen LogP contribution in [0.25, 0.3) is 22.5 Å². The molecule has 8 heteroatoms. The fraction of sp³-hybridized carbons (Fsp3) is 0. The molecule has 0 aliphatic rings. The highest BCUT2D eigenvalue weighted by Crippen LogP contribution is 2.21. The van der Waals surface area contributed by atoms with E-state index in [1.807, 2.05) is 24.3 Å². The molecule has 0 fully saturated rings. The van der Waals surface area contributed by atoms with E-state index in [2.05, 4.69) is 0 Å². The van der Waals surface area contributed by atoms with Gasteiger partial charge in [0.2, 0.25) is 11.4 Å². The zero-order valence-corrected chi connectivity index (χ0v) is 16.6. The molecule has 0 aliphatic carbocycles. The van der Waals surface area contributed by atoms with Gasteiger partial charge in [-0.1, -0.05) is 0 Å². The molecule has 0 unspecified atom stereocenters. The van der Waals surface area contributed by atoms with Crippen molar-refractivity contribution in [1.82, 2.24) is 0 Å². The van der Waals surface area contributed by atoms with Gasteiger partial charge in [-0.3, -0.25) is 0 Å². The second kappa shape index (κ2) is 8.19. The maximum absolute atomic E-state index is 11.2. The third-order valence-corrected chi connectivity index (χ3v) is 5.01. The van der Waals surface area contributed by atoms with E-state index in [-0.39, 0.29) is 22.6 Å². The fourth-order valence-corrected chi connectivity index (χ4v) is 3.29. The summed E-state index contributed by atoms with van der Waals surface area (Å²) in [5.41, 5.74) is 2.68. The van der Waals surface area contributed by atoms with E-state index in [1.54, 1.807) is 46.1 Å². The number of pyridine rings is 2. The minimum absolute atomic E-state index is 0.174. The molecule has 0 atom stereocenters. The summed E-state index contributed by atoms with van der Waals surface area (Å²) in [5, 5.41) is 37.7. The molecule has 8 nitrogen and oxygen atoms in total. The molecule has 2 aromatic heterocycles. The Kier molecular flexibility index (Phi) is 5.26. The average Bonchev–Trinajstić information content (AvgIpc) is 2.79. The molecule has 0 spiro atoms. The molecule has 2 heterocycles. The molecular weight excluding hydrogens is 412 g/mol. The van der Waals surface area contributed by atoms with Crippen molar-refractivity contribution in [3.8, 4) is 34.0 Å². The van der Waals surface area contributed by atoms with E-state index in [0.29, 0.717) is 11.4 Å². The normalized spacial score (nSPS) is 10.6. The lowest BCUT2D eigenvalue weighted by molar-refractivity contribution is -0.596. The summed E-state index contributed by atoms with van der Waals surface area (Å²) in [6.07, 6.45) is 7.14. The summed E-state index contributed by atoms with van der Waals surface area (Å²) in [4.78, 5) is 22.5. The minimum atomic E-state index is -1.21. The zero-order valence-electron chi connectivity index (χ0n) is 16.6. The Morgan fingerprint density at radius 3 is 1.22 bits per heavy atom. The molecular formula is C24H18N2O6+2. The van der Waals surface area contributed by atoms with Crippen LogP contribution in [0.1, 0.15) is 20.7 Å². The highest BCUT2D eigenvalue weighted by atomic mass is 16.4. The molecule has 0 radical (unpaired) electrons. The van der Waals surface area contributed by atoms with Crippen molar-refractivity contribution in [3.05, 3.63) is 96.6 Å². The van der Waals surface area contributed by atoms with E-state index in [9.17, 15) is 30.0 Å². The average molecular weight is 430 g/mol. The van der Waals surface area contributed by atoms with Crippen LogP contribution in [0.15, 0.2) is 85.5 Å². The molecule has 2 aromatic carbocycles. The van der Waals surface area contributed by atoms with Gasteiger partial charge in [-0.05, 0) is 23.3 Å². The maximum Gasteiger partial charge on any atom is 0.339 e. The van der Waals surface area contributed by atoms with Crippen molar-refractivity contribution < 1.29 is 39.1 Å². The monoisotopic (exact) mass is 430 g/mol. The molecule has 4 aromatic rings. The molecule has 4 N–H and O–H groups in total. The van der Waals surface area contributed by atoms with Crippen LogP contribution in [0.4, 0.5) is 0 Å². The van der Waals surface area contributed by atoms with Gasteiger partial charge in [-0.15, -0.1) is 0 Å². The summed E-state index contributed by atoms with van der Waals surface area (Å²) in [7, 11) is 0. The number of phenols is 2. The van der Waals surface area contributed by atoms with Crippen molar-refractivity contribution in [2.75, 3.05) is 0 Å². The molecule has 0 saturated carbocycles. The molecule has 0 aliphatic heterocycles. The lowest BCUT2D eigenvalue weighted by atomic mass is 10.1. The van der Waals surface area contributed by atoms with Crippen LogP contribution < -0.4 is 9.13 Å². The zero-order chi connectivity index (χ0) is 22.8. The number of aromatic hydroxyl groups is 2. The van der Waals surface area contributed by atoms with Gasteiger partial charge in [0.1, 0.15) is 22.6 Å². The standard InChI is InChI=1S/C24H16N2O6/c27-21-3-1-17(13-19(21)23(29)30)25-9-5-15(6-10-25)16-7-11-26(12-8-16)18-2-4-22(28)20(14-18)24(31)32/h1-14H,(H2-,27,29,30,31,32)/p+2. The molecule has 0 amide bonds. The predicted octanol–water partition coefficient (Wildman–Crippen LogP) is 2.71. The first-order valence-electron chi connectivity index (χ1n) is 9.50. The number of hydrogen-bond acceptors (Lipinski definition) is 4. The Morgan fingerprint density at radius 2 is 0.906 bits per heavy atom. The number of carbonyl (C=O) groups is 2. The van der Waals surface area contributed by atoms with Crippen LogP contribution in [0, 0.1) is 0 Å². The highest BCUT2D eigenvalue weighted by molar-refractivity contribution is 5.91. The van der Waals surface area contributed by atoms with Gasteiger partial charge < -0.3 is 20.4 Å². The fourth-order valence-electron chi connectivity index (χ4n) is 3.29. The summed E-state index contributed by atoms with van der Waals surface area (Å²) in [5.74, 6) is -2.99. The van der Waals surface area contributed by atoms with Gasteiger partial charge in [-0.2, -0.15) is 9.13 Å². The van der Waals surface area contributed by atoms with Crippen LogP contribution in [0.5, 0.6) is 11.5 Å². The van der Waals surface area contributed by atoms with Gasteiger partial charge in [0.05, 0.1) is 0 Å². The van der Waals surface area contributed by atoms with Gasteiger partial charge in [0, 0.05) is 48.5 Å². The van der Waals surface area contributed by atoms with Crippen molar-refractivity contribution in [3.63, 3.8) is 0 Å². The summed E-state index contributed by atoms with van der Waals surface area (Å²) < 4.78 is 3.48. The van der Waals surface area contributed by atoms with E-state index in [1.165, 1.54) is 24.3 Å². The van der Waals surface area contributed by atoms with E-state index >= 15 is 0 Å². The Hall–Kier alpha value is -4.72. The number of carboxylic acids is 2. The van der Waals surface area contributed by atoms with Gasteiger partial charge in [0.15, 0.2) is 24.8 Å². The van der Waals surface area contributed by atoms with Crippen LogP contribution in [0.2, 0.25) is 0 Å². The molecule has 0 saturated heterocycles. The number of nitrogens with zero attached hydrogens (tertiary/aromatic N) is 2. The molecule has 4 rings (SSSR count). The molecule has 158 valence electrons. The van der Waals surface area contributed by atoms with Crippen LogP contribution in [-0.2, 0) is 0 Å². The second-order valence-electron chi connectivity index (χ2n) is 7.00. The number of carboxylic acid groups (broad SMARTS) is 2. The van der Waals surface area contributed by atoms with E-state index in [4.69, 9.17) is 0 Å². The van der Waals surface area contributed by atoms with E-state index < -0.39 is 11.9 Å². The maximum atomic E-state index is 11.2. The molecule has 0 bridgehead atoms. The Labute approximate surface area is 182 Å².